The molecule has 92 valence electrons. The summed E-state index contributed by atoms with van der Waals surface area (Å²) in [7, 11) is 0. The second kappa shape index (κ2) is 4.84. The molecule has 2 nitrogen and oxygen atoms in total. The van der Waals surface area contributed by atoms with Crippen LogP contribution >= 0.6 is 11.3 Å². The first-order valence-corrected chi connectivity index (χ1v) is 6.82. The lowest BCUT2D eigenvalue weighted by Crippen LogP contribution is -2.28. The lowest BCUT2D eigenvalue weighted by atomic mass is 9.98. The van der Waals surface area contributed by atoms with Crippen molar-refractivity contribution in [3.8, 4) is 0 Å². The zero-order valence-corrected chi connectivity index (χ0v) is 12.1. The molecule has 1 heterocycles. The van der Waals surface area contributed by atoms with Crippen molar-refractivity contribution in [1.29, 1.82) is 0 Å². The van der Waals surface area contributed by atoms with Crippen molar-refractivity contribution < 1.29 is 0 Å². The van der Waals surface area contributed by atoms with Crippen molar-refractivity contribution in [2.45, 2.75) is 59.4 Å². The first kappa shape index (κ1) is 13.7. The predicted molar refractivity (Wildman–Crippen MR) is 72.0 cm³/mol. The second-order valence-corrected chi connectivity index (χ2v) is 6.88. The summed E-state index contributed by atoms with van der Waals surface area (Å²) >= 11 is 1.79. The molecule has 0 aliphatic rings. The van der Waals surface area contributed by atoms with Crippen molar-refractivity contribution in [3.05, 3.63) is 15.6 Å². The molecule has 0 fully saturated rings. The van der Waals surface area contributed by atoms with Crippen LogP contribution in [0, 0.1) is 5.92 Å². The van der Waals surface area contributed by atoms with E-state index in [-0.39, 0.29) is 5.54 Å². The Labute approximate surface area is 103 Å². The number of thiazole rings is 1. The minimum atomic E-state index is -0.271. The topological polar surface area (TPSA) is 38.9 Å². The van der Waals surface area contributed by atoms with Gasteiger partial charge in [0.1, 0.15) is 0 Å². The van der Waals surface area contributed by atoms with Gasteiger partial charge in [0.15, 0.2) is 0 Å². The molecule has 0 atom stereocenters. The van der Waals surface area contributed by atoms with Crippen molar-refractivity contribution in [3.63, 3.8) is 0 Å². The third kappa shape index (κ3) is 3.29. The Morgan fingerprint density at radius 2 is 1.81 bits per heavy atom. The Balaban J connectivity index is 3.11. The van der Waals surface area contributed by atoms with Gasteiger partial charge < -0.3 is 5.73 Å². The lowest BCUT2D eigenvalue weighted by Gasteiger charge is -2.19. The minimum Gasteiger partial charge on any atom is -0.321 e. The first-order chi connectivity index (χ1) is 7.21. The standard InChI is InChI=1S/C13H24N2S/c1-8(2)7-10-15-11(9(3)4)12(16-10)13(5,6)14/h8-9H,7,14H2,1-6H3. The molecule has 0 saturated carbocycles. The fourth-order valence-corrected chi connectivity index (χ4v) is 3.11. The number of nitrogens with zero attached hydrogens (tertiary/aromatic N) is 1. The van der Waals surface area contributed by atoms with Gasteiger partial charge in [-0.1, -0.05) is 27.7 Å². The molecule has 16 heavy (non-hydrogen) atoms. The Morgan fingerprint density at radius 1 is 1.25 bits per heavy atom. The number of rotatable bonds is 4. The molecule has 1 aromatic rings. The van der Waals surface area contributed by atoms with Crippen LogP contribution in [-0.2, 0) is 12.0 Å². The van der Waals surface area contributed by atoms with Gasteiger partial charge in [0.05, 0.1) is 10.7 Å². The van der Waals surface area contributed by atoms with Gasteiger partial charge in [0.25, 0.3) is 0 Å². The van der Waals surface area contributed by atoms with Crippen LogP contribution in [-0.4, -0.2) is 4.98 Å². The van der Waals surface area contributed by atoms with Crippen molar-refractivity contribution >= 4 is 11.3 Å². The van der Waals surface area contributed by atoms with Crippen LogP contribution in [0.5, 0.6) is 0 Å². The maximum absolute atomic E-state index is 6.21. The number of aromatic nitrogens is 1. The summed E-state index contributed by atoms with van der Waals surface area (Å²) in [6, 6.07) is 0. The Hall–Kier alpha value is -0.410. The fraction of sp³-hybridized carbons (Fsp3) is 0.769. The highest BCUT2D eigenvalue weighted by molar-refractivity contribution is 7.11. The number of hydrogen-bond acceptors (Lipinski definition) is 3. The van der Waals surface area contributed by atoms with E-state index in [0.29, 0.717) is 11.8 Å². The van der Waals surface area contributed by atoms with Crippen LogP contribution in [0.15, 0.2) is 0 Å². The van der Waals surface area contributed by atoms with Crippen LogP contribution in [0.3, 0.4) is 0 Å². The Kier molecular flexibility index (Phi) is 4.13. The molecule has 0 spiro atoms. The third-order valence-corrected chi connectivity index (χ3v) is 3.85. The van der Waals surface area contributed by atoms with E-state index in [4.69, 9.17) is 10.7 Å². The van der Waals surface area contributed by atoms with Crippen LogP contribution in [0.25, 0.3) is 0 Å². The molecule has 1 aromatic heterocycles. The van der Waals surface area contributed by atoms with Gasteiger partial charge in [-0.25, -0.2) is 4.98 Å². The fourth-order valence-electron chi connectivity index (χ4n) is 1.67. The lowest BCUT2D eigenvalue weighted by molar-refractivity contribution is 0.553. The quantitative estimate of drug-likeness (QED) is 0.872. The van der Waals surface area contributed by atoms with E-state index < -0.39 is 0 Å². The van der Waals surface area contributed by atoms with E-state index >= 15 is 0 Å². The zero-order chi connectivity index (χ0) is 12.5. The summed E-state index contributed by atoms with van der Waals surface area (Å²) in [4.78, 5) is 6.00. The SMILES string of the molecule is CC(C)Cc1nc(C(C)C)c(C(C)(C)N)s1. The van der Waals surface area contributed by atoms with Crippen LogP contribution in [0.4, 0.5) is 0 Å². The van der Waals surface area contributed by atoms with Gasteiger partial charge in [0.2, 0.25) is 0 Å². The molecular formula is C13H24N2S. The van der Waals surface area contributed by atoms with Crippen LogP contribution in [0.1, 0.15) is 63.0 Å². The third-order valence-electron chi connectivity index (χ3n) is 2.41. The molecule has 0 amide bonds. The van der Waals surface area contributed by atoms with Gasteiger partial charge in [-0.2, -0.15) is 0 Å². The summed E-state index contributed by atoms with van der Waals surface area (Å²) in [5.74, 6) is 1.11. The van der Waals surface area contributed by atoms with E-state index in [2.05, 4.69) is 41.5 Å². The smallest absolute Gasteiger partial charge is 0.0934 e. The highest BCUT2D eigenvalue weighted by atomic mass is 32.1. The van der Waals surface area contributed by atoms with Crippen molar-refractivity contribution in [2.24, 2.45) is 11.7 Å². The van der Waals surface area contributed by atoms with Crippen LogP contribution < -0.4 is 5.73 Å². The molecule has 0 bridgehead atoms. The van der Waals surface area contributed by atoms with E-state index in [0.717, 1.165) is 6.42 Å². The minimum absolute atomic E-state index is 0.271. The Bertz CT molecular complexity index is 345. The van der Waals surface area contributed by atoms with E-state index in [9.17, 15) is 0 Å². The summed E-state index contributed by atoms with van der Waals surface area (Å²) in [6.45, 7) is 12.9. The summed E-state index contributed by atoms with van der Waals surface area (Å²) in [5.41, 5.74) is 7.13. The van der Waals surface area contributed by atoms with Gasteiger partial charge in [-0.3, -0.25) is 0 Å². The maximum atomic E-state index is 6.21. The summed E-state index contributed by atoms with van der Waals surface area (Å²) < 4.78 is 0. The van der Waals surface area contributed by atoms with Gasteiger partial charge >= 0.3 is 0 Å². The average Bonchev–Trinajstić information content (AvgIpc) is 2.45. The molecule has 0 saturated heterocycles. The predicted octanol–water partition coefficient (Wildman–Crippen LogP) is 3.66. The van der Waals surface area contributed by atoms with E-state index in [1.807, 2.05) is 0 Å². The molecule has 0 unspecified atom stereocenters. The van der Waals surface area contributed by atoms with Gasteiger partial charge in [0, 0.05) is 16.8 Å². The Morgan fingerprint density at radius 3 is 2.12 bits per heavy atom. The zero-order valence-electron chi connectivity index (χ0n) is 11.3. The van der Waals surface area contributed by atoms with E-state index in [1.165, 1.54) is 15.6 Å². The molecular weight excluding hydrogens is 216 g/mol. The monoisotopic (exact) mass is 240 g/mol. The molecule has 2 N–H and O–H groups in total. The normalized spacial score (nSPS) is 12.8. The number of hydrogen-bond donors (Lipinski definition) is 1. The first-order valence-electron chi connectivity index (χ1n) is 6.00. The molecule has 3 heteroatoms. The van der Waals surface area contributed by atoms with Gasteiger partial charge in [-0.05, 0) is 25.7 Å². The molecule has 0 aliphatic heterocycles. The summed E-state index contributed by atoms with van der Waals surface area (Å²) in [6.07, 6.45) is 1.06. The molecule has 0 radical (unpaired) electrons. The average molecular weight is 240 g/mol. The second-order valence-electron chi connectivity index (χ2n) is 5.80. The van der Waals surface area contributed by atoms with E-state index in [1.54, 1.807) is 11.3 Å². The van der Waals surface area contributed by atoms with Crippen molar-refractivity contribution in [1.82, 2.24) is 4.98 Å². The summed E-state index contributed by atoms with van der Waals surface area (Å²) in [5, 5.41) is 1.23. The van der Waals surface area contributed by atoms with Crippen molar-refractivity contribution in [2.75, 3.05) is 0 Å². The molecule has 1 rings (SSSR count). The van der Waals surface area contributed by atoms with Crippen LogP contribution in [0.2, 0.25) is 0 Å². The molecule has 0 aliphatic carbocycles. The maximum Gasteiger partial charge on any atom is 0.0934 e. The molecule has 0 aromatic carbocycles. The highest BCUT2D eigenvalue weighted by Crippen LogP contribution is 2.33. The van der Waals surface area contributed by atoms with Gasteiger partial charge in [-0.15, -0.1) is 11.3 Å². The largest absolute Gasteiger partial charge is 0.321 e. The highest BCUT2D eigenvalue weighted by Gasteiger charge is 2.24. The number of nitrogens with two attached hydrogens (primary N) is 1.